The molecule has 0 aliphatic heterocycles. The monoisotopic (exact) mass is 266 g/mol. The number of rotatable bonds is 4. The van der Waals surface area contributed by atoms with Gasteiger partial charge in [-0.3, -0.25) is 4.79 Å². The average Bonchev–Trinajstić information content (AvgIpc) is 2.46. The maximum atomic E-state index is 11.3. The molecule has 96 valence electrons. The molecule has 0 bridgehead atoms. The van der Waals surface area contributed by atoms with Crippen LogP contribution in [0.25, 0.3) is 0 Å². The molecule has 0 saturated carbocycles. The van der Waals surface area contributed by atoms with E-state index in [0.717, 1.165) is 0 Å². The predicted molar refractivity (Wildman–Crippen MR) is 83.6 cm³/mol. The summed E-state index contributed by atoms with van der Waals surface area (Å²) >= 11 is 0. The minimum Gasteiger partial charge on any atom is -0.295 e. The third-order valence-corrected chi connectivity index (χ3v) is 7.30. The van der Waals surface area contributed by atoms with Gasteiger partial charge in [-0.05, 0) is 13.0 Å². The van der Waals surface area contributed by atoms with Crippen LogP contribution in [-0.2, 0) is 4.79 Å². The van der Waals surface area contributed by atoms with Gasteiger partial charge >= 0.3 is 0 Å². The van der Waals surface area contributed by atoms with Crippen molar-refractivity contribution in [2.75, 3.05) is 0 Å². The summed E-state index contributed by atoms with van der Waals surface area (Å²) in [6, 6.07) is 20.9. The Morgan fingerprint density at radius 2 is 1.32 bits per heavy atom. The molecule has 0 spiro atoms. The Labute approximate surface area is 115 Å². The van der Waals surface area contributed by atoms with E-state index < -0.39 is 8.07 Å². The van der Waals surface area contributed by atoms with Gasteiger partial charge < -0.3 is 0 Å². The highest BCUT2D eigenvalue weighted by Gasteiger charge is 2.28. The summed E-state index contributed by atoms with van der Waals surface area (Å²) in [4.78, 5) is 11.3. The van der Waals surface area contributed by atoms with Gasteiger partial charge in [0.15, 0.2) is 5.78 Å². The lowest BCUT2D eigenvalue weighted by atomic mass is 10.4. The Bertz CT molecular complexity index is 533. The number of carbonyl (C=O) groups excluding carboxylic acids is 1. The van der Waals surface area contributed by atoms with Crippen LogP contribution in [0.2, 0.25) is 6.55 Å². The highest BCUT2D eigenvalue weighted by atomic mass is 28.3. The molecule has 2 aromatic rings. The van der Waals surface area contributed by atoms with Gasteiger partial charge in [0, 0.05) is 0 Å². The van der Waals surface area contributed by atoms with Crippen LogP contribution in [0.4, 0.5) is 0 Å². The Kier molecular flexibility index (Phi) is 4.12. The topological polar surface area (TPSA) is 17.1 Å². The molecule has 0 atom stereocenters. The number of carbonyl (C=O) groups is 1. The van der Waals surface area contributed by atoms with E-state index in [4.69, 9.17) is 0 Å². The Morgan fingerprint density at radius 1 is 0.895 bits per heavy atom. The minimum atomic E-state index is -1.97. The summed E-state index contributed by atoms with van der Waals surface area (Å²) in [6.07, 6.45) is 1.71. The van der Waals surface area contributed by atoms with Gasteiger partial charge in [0.25, 0.3) is 0 Å². The quantitative estimate of drug-likeness (QED) is 0.614. The Morgan fingerprint density at radius 3 is 1.68 bits per heavy atom. The smallest absolute Gasteiger partial charge is 0.151 e. The first-order valence-electron chi connectivity index (χ1n) is 6.44. The van der Waals surface area contributed by atoms with Crippen molar-refractivity contribution >= 4 is 24.2 Å². The van der Waals surface area contributed by atoms with Crippen LogP contribution in [0.5, 0.6) is 0 Å². The van der Waals surface area contributed by atoms with E-state index in [9.17, 15) is 4.79 Å². The molecule has 2 rings (SSSR count). The van der Waals surface area contributed by atoms with Crippen LogP contribution in [0, 0.1) is 0 Å². The van der Waals surface area contributed by atoms with E-state index in [1.54, 1.807) is 13.0 Å². The molecule has 0 amide bonds. The summed E-state index contributed by atoms with van der Waals surface area (Å²) in [7, 11) is -1.97. The van der Waals surface area contributed by atoms with E-state index in [1.807, 2.05) is 12.1 Å². The van der Waals surface area contributed by atoms with Gasteiger partial charge in [-0.1, -0.05) is 83.3 Å². The molecule has 0 heterocycles. The van der Waals surface area contributed by atoms with Gasteiger partial charge in [0.2, 0.25) is 0 Å². The van der Waals surface area contributed by atoms with E-state index in [-0.39, 0.29) is 5.78 Å². The number of benzene rings is 2. The third kappa shape index (κ3) is 3.09. The molecule has 0 fully saturated rings. The van der Waals surface area contributed by atoms with E-state index in [1.165, 1.54) is 10.4 Å². The van der Waals surface area contributed by atoms with Crippen LogP contribution in [0.1, 0.15) is 6.92 Å². The largest absolute Gasteiger partial charge is 0.295 e. The first kappa shape index (κ1) is 13.5. The molecule has 2 heteroatoms. The van der Waals surface area contributed by atoms with Crippen molar-refractivity contribution in [2.45, 2.75) is 13.5 Å². The lowest BCUT2D eigenvalue weighted by molar-refractivity contribution is -0.112. The first-order chi connectivity index (χ1) is 9.13. The molecule has 0 radical (unpaired) electrons. The number of hydrogen-bond acceptors (Lipinski definition) is 1. The van der Waals surface area contributed by atoms with Crippen molar-refractivity contribution in [2.24, 2.45) is 0 Å². The van der Waals surface area contributed by atoms with Crippen LogP contribution < -0.4 is 10.4 Å². The van der Waals surface area contributed by atoms with Gasteiger partial charge in [0.05, 0.1) is 0 Å². The first-order valence-corrected chi connectivity index (χ1v) is 9.01. The van der Waals surface area contributed by atoms with Crippen LogP contribution >= 0.6 is 0 Å². The summed E-state index contributed by atoms with van der Waals surface area (Å²) in [5.74, 6) is 0.102. The van der Waals surface area contributed by atoms with Crippen molar-refractivity contribution in [3.05, 3.63) is 72.4 Å². The van der Waals surface area contributed by atoms with Crippen molar-refractivity contribution in [1.82, 2.24) is 0 Å². The molecule has 1 nitrogen and oxygen atoms in total. The van der Waals surface area contributed by atoms with E-state index in [0.29, 0.717) is 0 Å². The molecule has 0 unspecified atom stereocenters. The summed E-state index contributed by atoms with van der Waals surface area (Å²) in [5, 5.41) is 2.64. The fraction of sp³-hybridized carbons (Fsp3) is 0.118. The lowest BCUT2D eigenvalue weighted by Crippen LogP contribution is -2.54. The van der Waals surface area contributed by atoms with Crippen molar-refractivity contribution in [3.63, 3.8) is 0 Å². The minimum absolute atomic E-state index is 0.102. The van der Waals surface area contributed by atoms with Crippen LogP contribution in [0.3, 0.4) is 0 Å². The Hall–Kier alpha value is -1.93. The van der Waals surface area contributed by atoms with Gasteiger partial charge in [-0.2, -0.15) is 0 Å². The van der Waals surface area contributed by atoms with Crippen molar-refractivity contribution in [1.29, 1.82) is 0 Å². The van der Waals surface area contributed by atoms with Crippen molar-refractivity contribution < 1.29 is 4.79 Å². The number of ketones is 1. The SMILES string of the molecule is CC(=O)/C=C/[Si](C)(c1ccccc1)c1ccccc1. The molecule has 0 aliphatic carbocycles. The highest BCUT2D eigenvalue weighted by Crippen LogP contribution is 2.07. The number of allylic oxidation sites excluding steroid dienone is 1. The molecule has 2 aromatic carbocycles. The van der Waals surface area contributed by atoms with Gasteiger partial charge in [-0.15, -0.1) is 0 Å². The zero-order chi connectivity index (χ0) is 13.7. The van der Waals surface area contributed by atoms with Crippen molar-refractivity contribution in [3.8, 4) is 0 Å². The zero-order valence-corrected chi connectivity index (χ0v) is 12.3. The summed E-state index contributed by atoms with van der Waals surface area (Å²) in [5.41, 5.74) is 2.12. The van der Waals surface area contributed by atoms with Gasteiger partial charge in [-0.25, -0.2) is 0 Å². The molecule has 19 heavy (non-hydrogen) atoms. The Balaban J connectivity index is 2.54. The maximum absolute atomic E-state index is 11.3. The van der Waals surface area contributed by atoms with E-state index in [2.05, 4.69) is 60.8 Å². The standard InChI is InChI=1S/C17H18OSi/c1-15(18)13-14-19(2,16-9-5-3-6-10-16)17-11-7-4-8-12-17/h3-14H,1-2H3/b14-13+. The highest BCUT2D eigenvalue weighted by molar-refractivity contribution is 7.05. The van der Waals surface area contributed by atoms with E-state index >= 15 is 0 Å². The average molecular weight is 266 g/mol. The summed E-state index contributed by atoms with van der Waals surface area (Å²) in [6.45, 7) is 3.87. The normalized spacial score (nSPS) is 11.7. The van der Waals surface area contributed by atoms with Gasteiger partial charge in [0.1, 0.15) is 8.07 Å². The molecular formula is C17H18OSi. The molecule has 0 saturated heterocycles. The lowest BCUT2D eigenvalue weighted by Gasteiger charge is -2.25. The van der Waals surface area contributed by atoms with Crippen LogP contribution in [-0.4, -0.2) is 13.9 Å². The molecule has 0 aliphatic rings. The summed E-state index contributed by atoms with van der Waals surface area (Å²) < 4.78 is 0. The maximum Gasteiger partial charge on any atom is 0.151 e. The second kappa shape index (κ2) is 5.80. The fourth-order valence-corrected chi connectivity index (χ4v) is 5.27. The predicted octanol–water partition coefficient (Wildman–Crippen LogP) is 2.56. The third-order valence-electron chi connectivity index (χ3n) is 3.40. The second-order valence-electron chi connectivity index (χ2n) is 4.88. The molecule has 0 aromatic heterocycles. The zero-order valence-electron chi connectivity index (χ0n) is 11.3. The second-order valence-corrected chi connectivity index (χ2v) is 8.77. The van der Waals surface area contributed by atoms with Crippen LogP contribution in [0.15, 0.2) is 72.4 Å². The molecular weight excluding hydrogens is 248 g/mol. The fourth-order valence-electron chi connectivity index (χ4n) is 2.21. The molecule has 0 N–H and O–H groups in total. The number of hydrogen-bond donors (Lipinski definition) is 0.